The van der Waals surface area contributed by atoms with Crippen LogP contribution in [-0.4, -0.2) is 71.1 Å². The van der Waals surface area contributed by atoms with Gasteiger partial charge in [-0.1, -0.05) is 0 Å². The molecule has 3 rings (SSSR count). The maximum Gasteiger partial charge on any atom is 0.236 e. The van der Waals surface area contributed by atoms with E-state index in [-0.39, 0.29) is 5.91 Å². The van der Waals surface area contributed by atoms with E-state index >= 15 is 0 Å². The molecule has 0 unspecified atom stereocenters. The topological polar surface area (TPSA) is 58.6 Å². The Balaban J connectivity index is 1.53. The summed E-state index contributed by atoms with van der Waals surface area (Å²) < 4.78 is 5.61. The molecule has 0 N–H and O–H groups in total. The highest BCUT2D eigenvalue weighted by molar-refractivity contribution is 5.78. The molecule has 22 heavy (non-hydrogen) atoms. The highest BCUT2D eigenvalue weighted by Gasteiger charge is 2.27. The summed E-state index contributed by atoms with van der Waals surface area (Å²) in [5, 5.41) is 0. The zero-order chi connectivity index (χ0) is 15.2. The van der Waals surface area contributed by atoms with Crippen molar-refractivity contribution in [2.24, 2.45) is 0 Å². The summed E-state index contributed by atoms with van der Waals surface area (Å²) in [5.41, 5.74) is 0.999. The van der Waals surface area contributed by atoms with E-state index in [0.29, 0.717) is 19.2 Å². The molecule has 6 nitrogen and oxygen atoms in total. The number of aromatic nitrogens is 2. The molecule has 0 aliphatic carbocycles. The molecule has 0 bridgehead atoms. The lowest BCUT2D eigenvalue weighted by molar-refractivity contribution is -0.133. The van der Waals surface area contributed by atoms with Gasteiger partial charge in [0, 0.05) is 44.3 Å². The minimum Gasteiger partial charge on any atom is -0.378 e. The lowest BCUT2D eigenvalue weighted by atomic mass is 10.1. The van der Waals surface area contributed by atoms with E-state index in [9.17, 15) is 4.79 Å². The van der Waals surface area contributed by atoms with Crippen molar-refractivity contribution in [3.05, 3.63) is 24.3 Å². The van der Waals surface area contributed by atoms with Gasteiger partial charge in [0.2, 0.25) is 5.91 Å². The Kier molecular flexibility index (Phi) is 5.34. The molecule has 0 saturated carbocycles. The van der Waals surface area contributed by atoms with Crippen LogP contribution < -0.4 is 0 Å². The maximum atomic E-state index is 12.4. The molecule has 1 atom stereocenters. The van der Waals surface area contributed by atoms with Crippen LogP contribution in [0.3, 0.4) is 0 Å². The first-order chi connectivity index (χ1) is 10.8. The largest absolute Gasteiger partial charge is 0.378 e. The van der Waals surface area contributed by atoms with Gasteiger partial charge in [-0.15, -0.1) is 0 Å². The minimum absolute atomic E-state index is 0.268. The Labute approximate surface area is 131 Å². The van der Waals surface area contributed by atoms with Crippen LogP contribution in [0.15, 0.2) is 18.6 Å². The van der Waals surface area contributed by atoms with Crippen molar-refractivity contribution in [1.82, 2.24) is 19.8 Å². The molecule has 2 fully saturated rings. The fourth-order valence-electron chi connectivity index (χ4n) is 3.18. The van der Waals surface area contributed by atoms with E-state index < -0.39 is 0 Å². The fourth-order valence-corrected chi connectivity index (χ4v) is 3.18. The predicted octanol–water partition coefficient (Wildman–Crippen LogP) is 0.732. The minimum atomic E-state index is 0.268. The Morgan fingerprint density at radius 1 is 1.27 bits per heavy atom. The van der Waals surface area contributed by atoms with Crippen LogP contribution in [0, 0.1) is 0 Å². The first-order valence-electron chi connectivity index (χ1n) is 8.17. The lowest BCUT2D eigenvalue weighted by Gasteiger charge is -2.36. The molecule has 2 saturated heterocycles. The summed E-state index contributed by atoms with van der Waals surface area (Å²) in [7, 11) is 0. The van der Waals surface area contributed by atoms with Gasteiger partial charge in [-0.25, -0.2) is 0 Å². The number of ether oxygens (including phenoxy) is 1. The predicted molar refractivity (Wildman–Crippen MR) is 82.3 cm³/mol. The number of hydrogen-bond acceptors (Lipinski definition) is 5. The fraction of sp³-hybridized carbons (Fsp3) is 0.688. The summed E-state index contributed by atoms with van der Waals surface area (Å²) in [4.78, 5) is 25.0. The zero-order valence-electron chi connectivity index (χ0n) is 13.0. The van der Waals surface area contributed by atoms with Crippen LogP contribution in [0.5, 0.6) is 0 Å². The Morgan fingerprint density at radius 3 is 2.91 bits per heavy atom. The van der Waals surface area contributed by atoms with Crippen LogP contribution in [0.4, 0.5) is 0 Å². The number of rotatable bonds is 5. The number of nitrogens with zero attached hydrogens (tertiary/aromatic N) is 4. The monoisotopic (exact) mass is 304 g/mol. The number of hydrogen-bond donors (Lipinski definition) is 0. The summed E-state index contributed by atoms with van der Waals surface area (Å²) >= 11 is 0. The molecule has 0 spiro atoms. The zero-order valence-corrected chi connectivity index (χ0v) is 13.0. The van der Waals surface area contributed by atoms with E-state index in [1.807, 2.05) is 11.1 Å². The standard InChI is InChI=1S/C16H24N4O2/c21-16(19-7-1-2-8-19)12-20-9-10-22-13-15(20)4-3-14-11-17-5-6-18-14/h5-6,11,15H,1-4,7-10,12-13H2/t15-/m0/s1. The number of amides is 1. The van der Waals surface area contributed by atoms with Crippen LogP contribution in [-0.2, 0) is 16.0 Å². The number of aryl methyl sites for hydroxylation is 1. The normalized spacial score (nSPS) is 22.9. The van der Waals surface area contributed by atoms with Gasteiger partial charge in [0.25, 0.3) is 0 Å². The molecule has 1 aromatic heterocycles. The van der Waals surface area contributed by atoms with Gasteiger partial charge < -0.3 is 9.64 Å². The van der Waals surface area contributed by atoms with Gasteiger partial charge in [0.1, 0.15) is 0 Å². The SMILES string of the molecule is O=C(CN1CCOC[C@@H]1CCc1cnccn1)N1CCCC1. The summed E-state index contributed by atoms with van der Waals surface area (Å²) in [6.07, 6.45) is 9.33. The second-order valence-corrected chi connectivity index (χ2v) is 6.02. The molecule has 120 valence electrons. The second kappa shape index (κ2) is 7.65. The maximum absolute atomic E-state index is 12.4. The van der Waals surface area contributed by atoms with Crippen molar-refractivity contribution in [3.8, 4) is 0 Å². The molecular formula is C16H24N4O2. The first kappa shape index (κ1) is 15.4. The summed E-state index contributed by atoms with van der Waals surface area (Å²) in [5.74, 6) is 0.268. The molecule has 6 heteroatoms. The number of likely N-dealkylation sites (tertiary alicyclic amines) is 1. The van der Waals surface area contributed by atoms with Crippen LogP contribution >= 0.6 is 0 Å². The van der Waals surface area contributed by atoms with Crippen molar-refractivity contribution in [1.29, 1.82) is 0 Å². The third kappa shape index (κ3) is 4.01. The highest BCUT2D eigenvalue weighted by Crippen LogP contribution is 2.15. The first-order valence-corrected chi connectivity index (χ1v) is 8.17. The number of carbonyl (C=O) groups is 1. The Morgan fingerprint density at radius 2 is 2.14 bits per heavy atom. The van der Waals surface area contributed by atoms with E-state index in [1.54, 1.807) is 12.4 Å². The van der Waals surface area contributed by atoms with Crippen molar-refractivity contribution in [2.75, 3.05) is 39.4 Å². The van der Waals surface area contributed by atoms with Gasteiger partial charge in [-0.3, -0.25) is 19.7 Å². The van der Waals surface area contributed by atoms with E-state index in [0.717, 1.165) is 57.6 Å². The van der Waals surface area contributed by atoms with Crippen molar-refractivity contribution in [3.63, 3.8) is 0 Å². The van der Waals surface area contributed by atoms with Crippen molar-refractivity contribution in [2.45, 2.75) is 31.7 Å². The van der Waals surface area contributed by atoms with E-state index in [4.69, 9.17) is 4.74 Å². The average Bonchev–Trinajstić information content (AvgIpc) is 3.10. The van der Waals surface area contributed by atoms with Crippen molar-refractivity contribution >= 4 is 5.91 Å². The van der Waals surface area contributed by atoms with E-state index in [2.05, 4.69) is 14.9 Å². The van der Waals surface area contributed by atoms with Gasteiger partial charge in [0.15, 0.2) is 0 Å². The van der Waals surface area contributed by atoms with Gasteiger partial charge in [0.05, 0.1) is 25.5 Å². The molecule has 2 aliphatic rings. The summed E-state index contributed by atoms with van der Waals surface area (Å²) in [6, 6.07) is 0.294. The van der Waals surface area contributed by atoms with Gasteiger partial charge in [-0.2, -0.15) is 0 Å². The highest BCUT2D eigenvalue weighted by atomic mass is 16.5. The Bertz CT molecular complexity index is 476. The molecular weight excluding hydrogens is 280 g/mol. The third-order valence-electron chi connectivity index (χ3n) is 4.50. The van der Waals surface area contributed by atoms with Crippen molar-refractivity contribution < 1.29 is 9.53 Å². The molecule has 1 amide bonds. The summed E-state index contributed by atoms with van der Waals surface area (Å²) in [6.45, 7) is 4.63. The molecule has 0 aromatic carbocycles. The average molecular weight is 304 g/mol. The van der Waals surface area contributed by atoms with E-state index in [1.165, 1.54) is 0 Å². The van der Waals surface area contributed by atoms with Gasteiger partial charge in [-0.05, 0) is 25.7 Å². The Hall–Kier alpha value is -1.53. The number of carbonyl (C=O) groups excluding carboxylic acids is 1. The lowest BCUT2D eigenvalue weighted by Crippen LogP contribution is -2.50. The molecule has 0 radical (unpaired) electrons. The quantitative estimate of drug-likeness (QED) is 0.803. The molecule has 3 heterocycles. The van der Waals surface area contributed by atoms with Gasteiger partial charge >= 0.3 is 0 Å². The number of morpholine rings is 1. The molecule has 1 aromatic rings. The smallest absolute Gasteiger partial charge is 0.236 e. The molecule has 2 aliphatic heterocycles. The third-order valence-corrected chi connectivity index (χ3v) is 4.50. The van der Waals surface area contributed by atoms with Crippen LogP contribution in [0.1, 0.15) is 25.0 Å². The van der Waals surface area contributed by atoms with Crippen LogP contribution in [0.2, 0.25) is 0 Å². The second-order valence-electron chi connectivity index (χ2n) is 6.02. The van der Waals surface area contributed by atoms with Crippen LogP contribution in [0.25, 0.3) is 0 Å².